The van der Waals surface area contributed by atoms with Crippen LogP contribution >= 0.6 is 0 Å². The molecule has 0 radical (unpaired) electrons. The Morgan fingerprint density at radius 1 is 1.27 bits per heavy atom. The van der Waals surface area contributed by atoms with E-state index < -0.39 is 0 Å². The van der Waals surface area contributed by atoms with Gasteiger partial charge in [0.25, 0.3) is 5.56 Å². The third kappa shape index (κ3) is 3.36. The number of carbonyl (C=O) groups excluding carboxylic acids is 1. The van der Waals surface area contributed by atoms with Crippen LogP contribution < -0.4 is 10.3 Å². The van der Waals surface area contributed by atoms with Crippen LogP contribution in [0, 0.1) is 12.8 Å². The Bertz CT molecular complexity index is 869. The number of H-pyrrole nitrogens is 1. The van der Waals surface area contributed by atoms with Crippen molar-refractivity contribution in [3.05, 3.63) is 57.8 Å². The van der Waals surface area contributed by atoms with Crippen LogP contribution in [0.1, 0.15) is 35.8 Å². The minimum atomic E-state index is -0.110. The minimum absolute atomic E-state index is 0.107. The number of hydrogen-bond acceptors (Lipinski definition) is 4. The van der Waals surface area contributed by atoms with Gasteiger partial charge in [-0.1, -0.05) is 18.2 Å². The van der Waals surface area contributed by atoms with Gasteiger partial charge in [-0.25, -0.2) is 4.98 Å². The predicted molar refractivity (Wildman–Crippen MR) is 97.3 cm³/mol. The summed E-state index contributed by atoms with van der Waals surface area (Å²) in [5.74, 6) is 1.84. The molecule has 0 saturated carbocycles. The number of nitrogens with one attached hydrogen (secondary N) is 1. The van der Waals surface area contributed by atoms with E-state index in [0.717, 1.165) is 36.3 Å². The highest BCUT2D eigenvalue weighted by atomic mass is 16.5. The van der Waals surface area contributed by atoms with Gasteiger partial charge < -0.3 is 14.6 Å². The number of rotatable bonds is 2. The number of fused-ring (bicyclic) bond motifs is 1. The number of para-hydroxylation sites is 1. The third-order valence-corrected chi connectivity index (χ3v) is 5.33. The van der Waals surface area contributed by atoms with E-state index in [9.17, 15) is 9.59 Å². The molecule has 3 heterocycles. The highest BCUT2D eigenvalue weighted by molar-refractivity contribution is 5.80. The largest absolute Gasteiger partial charge is 0.492 e. The highest BCUT2D eigenvalue weighted by Gasteiger charge is 2.32. The van der Waals surface area contributed by atoms with Gasteiger partial charge in [-0.3, -0.25) is 9.59 Å². The van der Waals surface area contributed by atoms with Crippen LogP contribution in [-0.4, -0.2) is 40.5 Å². The molecule has 1 amide bonds. The molecular weight excluding hydrogens is 330 g/mol. The third-order valence-electron chi connectivity index (χ3n) is 5.33. The van der Waals surface area contributed by atoms with E-state index in [2.05, 4.69) is 9.97 Å². The zero-order chi connectivity index (χ0) is 18.1. The first-order valence-corrected chi connectivity index (χ1v) is 9.17. The van der Waals surface area contributed by atoms with Crippen molar-refractivity contribution in [1.29, 1.82) is 0 Å². The number of amides is 1. The lowest BCUT2D eigenvalue weighted by Crippen LogP contribution is -2.44. The van der Waals surface area contributed by atoms with E-state index in [0.29, 0.717) is 25.5 Å². The molecule has 1 N–H and O–H groups in total. The molecule has 2 aromatic rings. The monoisotopic (exact) mass is 353 g/mol. The van der Waals surface area contributed by atoms with E-state index in [1.165, 1.54) is 0 Å². The highest BCUT2D eigenvalue weighted by Crippen LogP contribution is 2.30. The van der Waals surface area contributed by atoms with E-state index >= 15 is 0 Å². The van der Waals surface area contributed by atoms with Gasteiger partial charge in [0.05, 0.1) is 11.6 Å². The van der Waals surface area contributed by atoms with E-state index in [4.69, 9.17) is 4.74 Å². The fourth-order valence-electron chi connectivity index (χ4n) is 3.95. The van der Waals surface area contributed by atoms with Crippen molar-refractivity contribution in [2.45, 2.75) is 32.1 Å². The first kappa shape index (κ1) is 16.8. The number of aryl methyl sites for hydroxylation is 1. The Hall–Kier alpha value is -2.63. The lowest BCUT2D eigenvalue weighted by Gasteiger charge is -2.35. The fourth-order valence-corrected chi connectivity index (χ4v) is 3.95. The van der Waals surface area contributed by atoms with Gasteiger partial charge in [-0.2, -0.15) is 0 Å². The average molecular weight is 353 g/mol. The molecule has 6 heteroatoms. The Kier molecular flexibility index (Phi) is 4.49. The van der Waals surface area contributed by atoms with Gasteiger partial charge >= 0.3 is 0 Å². The van der Waals surface area contributed by atoms with Gasteiger partial charge in [0.1, 0.15) is 18.2 Å². The molecule has 4 rings (SSSR count). The van der Waals surface area contributed by atoms with Crippen LogP contribution in [0.3, 0.4) is 0 Å². The van der Waals surface area contributed by atoms with Crippen molar-refractivity contribution in [3.8, 4) is 5.75 Å². The molecule has 1 fully saturated rings. The number of nitrogens with zero attached hydrogens (tertiary/aromatic N) is 2. The predicted octanol–water partition coefficient (Wildman–Crippen LogP) is 2.04. The fraction of sp³-hybridized carbons (Fsp3) is 0.450. The van der Waals surface area contributed by atoms with Crippen molar-refractivity contribution in [2.24, 2.45) is 5.92 Å². The number of aromatic amines is 1. The SMILES string of the molecule is Cc1nc(C2CCN(C(=O)[C@@H]3COc4ccccc4C3)CC2)cc(=O)[nH]1. The van der Waals surface area contributed by atoms with Crippen molar-refractivity contribution >= 4 is 5.91 Å². The summed E-state index contributed by atoms with van der Waals surface area (Å²) in [6, 6.07) is 9.51. The molecule has 0 bridgehead atoms. The summed E-state index contributed by atoms with van der Waals surface area (Å²) in [6.45, 7) is 3.65. The zero-order valence-electron chi connectivity index (χ0n) is 14.9. The number of piperidine rings is 1. The van der Waals surface area contributed by atoms with Crippen molar-refractivity contribution < 1.29 is 9.53 Å². The van der Waals surface area contributed by atoms with Gasteiger partial charge in [0, 0.05) is 25.1 Å². The van der Waals surface area contributed by atoms with Crippen LogP contribution in [-0.2, 0) is 11.2 Å². The van der Waals surface area contributed by atoms with Crippen molar-refractivity contribution in [1.82, 2.24) is 14.9 Å². The molecule has 136 valence electrons. The molecule has 1 aromatic heterocycles. The van der Waals surface area contributed by atoms with E-state index in [1.807, 2.05) is 29.2 Å². The summed E-state index contributed by atoms with van der Waals surface area (Å²) < 4.78 is 5.77. The first-order chi connectivity index (χ1) is 12.6. The summed E-state index contributed by atoms with van der Waals surface area (Å²) in [4.78, 5) is 33.6. The molecule has 0 aliphatic carbocycles. The Morgan fingerprint density at radius 2 is 2.04 bits per heavy atom. The zero-order valence-corrected chi connectivity index (χ0v) is 14.9. The summed E-state index contributed by atoms with van der Waals surface area (Å²) in [5.41, 5.74) is 1.84. The van der Waals surface area contributed by atoms with Crippen LogP contribution in [0.4, 0.5) is 0 Å². The molecular formula is C20H23N3O3. The maximum absolute atomic E-state index is 12.9. The number of likely N-dealkylation sites (tertiary alicyclic amines) is 1. The standard InChI is InChI=1S/C20H23N3O3/c1-13-21-17(11-19(24)22-13)14-6-8-23(9-7-14)20(25)16-10-15-4-2-3-5-18(15)26-12-16/h2-5,11,14,16H,6-10,12H2,1H3,(H,21,22,24)/t16-/m0/s1. The molecule has 6 nitrogen and oxygen atoms in total. The molecule has 26 heavy (non-hydrogen) atoms. The molecule has 0 unspecified atom stereocenters. The molecule has 2 aliphatic heterocycles. The van der Waals surface area contributed by atoms with Crippen LogP contribution in [0.15, 0.2) is 35.1 Å². The molecule has 1 saturated heterocycles. The maximum Gasteiger partial charge on any atom is 0.251 e. The van der Waals surface area contributed by atoms with Crippen LogP contribution in [0.5, 0.6) is 5.75 Å². The van der Waals surface area contributed by atoms with Crippen molar-refractivity contribution in [3.63, 3.8) is 0 Å². The second-order valence-electron chi connectivity index (χ2n) is 7.18. The van der Waals surface area contributed by atoms with Crippen molar-refractivity contribution in [2.75, 3.05) is 19.7 Å². The number of hydrogen-bond donors (Lipinski definition) is 1. The number of benzene rings is 1. The molecule has 0 spiro atoms. The average Bonchev–Trinajstić information content (AvgIpc) is 2.66. The summed E-state index contributed by atoms with van der Waals surface area (Å²) in [5, 5.41) is 0. The Labute approximate surface area is 152 Å². The van der Waals surface area contributed by atoms with Crippen LogP contribution in [0.25, 0.3) is 0 Å². The van der Waals surface area contributed by atoms with Crippen LogP contribution in [0.2, 0.25) is 0 Å². The summed E-state index contributed by atoms with van der Waals surface area (Å²) in [7, 11) is 0. The Morgan fingerprint density at radius 3 is 2.81 bits per heavy atom. The van der Waals surface area contributed by atoms with E-state index in [-0.39, 0.29) is 23.3 Å². The first-order valence-electron chi connectivity index (χ1n) is 9.17. The maximum atomic E-state index is 12.9. The summed E-state index contributed by atoms with van der Waals surface area (Å²) >= 11 is 0. The topological polar surface area (TPSA) is 75.3 Å². The number of carbonyl (C=O) groups is 1. The van der Waals surface area contributed by atoms with E-state index in [1.54, 1.807) is 13.0 Å². The lowest BCUT2D eigenvalue weighted by molar-refractivity contribution is -0.138. The minimum Gasteiger partial charge on any atom is -0.492 e. The van der Waals surface area contributed by atoms with Gasteiger partial charge in [0.2, 0.25) is 5.91 Å². The Balaban J connectivity index is 1.39. The van der Waals surface area contributed by atoms with Gasteiger partial charge in [0.15, 0.2) is 0 Å². The quantitative estimate of drug-likeness (QED) is 0.896. The lowest BCUT2D eigenvalue weighted by atomic mass is 9.91. The molecule has 1 aromatic carbocycles. The normalized spacial score (nSPS) is 20.3. The molecule has 2 aliphatic rings. The second kappa shape index (κ2) is 6.94. The van der Waals surface area contributed by atoms with Gasteiger partial charge in [-0.15, -0.1) is 0 Å². The second-order valence-corrected chi connectivity index (χ2v) is 7.18. The summed E-state index contributed by atoms with van der Waals surface area (Å²) in [6.07, 6.45) is 2.42. The number of aromatic nitrogens is 2. The molecule has 1 atom stereocenters. The van der Waals surface area contributed by atoms with Gasteiger partial charge in [-0.05, 0) is 37.8 Å². The number of ether oxygens (including phenoxy) is 1. The smallest absolute Gasteiger partial charge is 0.251 e.